The first-order valence-corrected chi connectivity index (χ1v) is 7.08. The number of nitrogens with zero attached hydrogens (tertiary/aromatic N) is 2. The van der Waals surface area contributed by atoms with Gasteiger partial charge in [0.05, 0.1) is 4.92 Å². The SMILES string of the molecule is CC1(C)CN(Cc2ccc(Cl)c([N+](=O)[O-])c2)CCC1N.Cl. The highest BCUT2D eigenvalue weighted by Crippen LogP contribution is 2.30. The van der Waals surface area contributed by atoms with Gasteiger partial charge in [-0.25, -0.2) is 0 Å². The van der Waals surface area contributed by atoms with Crippen molar-refractivity contribution in [2.75, 3.05) is 13.1 Å². The average molecular weight is 334 g/mol. The van der Waals surface area contributed by atoms with Crippen LogP contribution in [0.5, 0.6) is 0 Å². The minimum Gasteiger partial charge on any atom is -0.327 e. The van der Waals surface area contributed by atoms with Crippen LogP contribution < -0.4 is 5.73 Å². The van der Waals surface area contributed by atoms with E-state index in [9.17, 15) is 10.1 Å². The van der Waals surface area contributed by atoms with Crippen LogP contribution in [0.4, 0.5) is 5.69 Å². The summed E-state index contributed by atoms with van der Waals surface area (Å²) in [4.78, 5) is 12.7. The Morgan fingerprint density at radius 1 is 1.52 bits per heavy atom. The summed E-state index contributed by atoms with van der Waals surface area (Å²) in [7, 11) is 0. The van der Waals surface area contributed by atoms with Crippen molar-refractivity contribution in [2.24, 2.45) is 11.1 Å². The van der Waals surface area contributed by atoms with Gasteiger partial charge in [0.25, 0.3) is 5.69 Å². The molecule has 0 spiro atoms. The molecule has 2 rings (SSSR count). The standard InChI is InChI=1S/C14H20ClN3O2.ClH/c1-14(2)9-17(6-5-13(14)16)8-10-3-4-11(15)12(7-10)18(19)20;/h3-4,7,13H,5-6,8-9,16H2,1-2H3;1H. The summed E-state index contributed by atoms with van der Waals surface area (Å²) in [5.74, 6) is 0. The van der Waals surface area contributed by atoms with Crippen molar-refractivity contribution in [2.45, 2.75) is 32.9 Å². The number of nitrogens with two attached hydrogens (primary N) is 1. The fourth-order valence-electron chi connectivity index (χ4n) is 2.67. The van der Waals surface area contributed by atoms with E-state index < -0.39 is 4.92 Å². The molecule has 1 atom stereocenters. The van der Waals surface area contributed by atoms with Gasteiger partial charge in [-0.05, 0) is 23.5 Å². The van der Waals surface area contributed by atoms with Crippen LogP contribution >= 0.6 is 24.0 Å². The predicted octanol–water partition coefficient (Wildman–Crippen LogP) is 3.23. The first kappa shape index (κ1) is 18.2. The summed E-state index contributed by atoms with van der Waals surface area (Å²) < 4.78 is 0. The molecule has 7 heteroatoms. The van der Waals surface area contributed by atoms with Gasteiger partial charge in [0.2, 0.25) is 0 Å². The Labute approximate surface area is 136 Å². The lowest BCUT2D eigenvalue weighted by atomic mass is 9.79. The second-order valence-corrected chi connectivity index (χ2v) is 6.54. The van der Waals surface area contributed by atoms with Gasteiger partial charge in [-0.1, -0.05) is 31.5 Å². The van der Waals surface area contributed by atoms with Crippen molar-refractivity contribution in [3.63, 3.8) is 0 Å². The molecule has 0 radical (unpaired) electrons. The van der Waals surface area contributed by atoms with Crippen molar-refractivity contribution >= 4 is 29.7 Å². The minimum atomic E-state index is -0.443. The maximum absolute atomic E-state index is 10.9. The van der Waals surface area contributed by atoms with Crippen LogP contribution in [0.2, 0.25) is 5.02 Å². The smallest absolute Gasteiger partial charge is 0.288 e. The van der Waals surface area contributed by atoms with Gasteiger partial charge >= 0.3 is 0 Å². The molecule has 1 fully saturated rings. The highest BCUT2D eigenvalue weighted by atomic mass is 35.5. The highest BCUT2D eigenvalue weighted by Gasteiger charge is 2.33. The molecule has 1 aliphatic heterocycles. The number of likely N-dealkylation sites (tertiary alicyclic amines) is 1. The zero-order valence-electron chi connectivity index (χ0n) is 12.2. The van der Waals surface area contributed by atoms with Gasteiger partial charge < -0.3 is 5.73 Å². The van der Waals surface area contributed by atoms with Crippen molar-refractivity contribution in [3.05, 3.63) is 38.9 Å². The summed E-state index contributed by atoms with van der Waals surface area (Å²) in [6.07, 6.45) is 0.947. The number of hydrogen-bond donors (Lipinski definition) is 1. The summed E-state index contributed by atoms with van der Waals surface area (Å²) in [5.41, 5.74) is 7.06. The van der Waals surface area contributed by atoms with E-state index in [-0.39, 0.29) is 34.6 Å². The predicted molar refractivity (Wildman–Crippen MR) is 87.0 cm³/mol. The van der Waals surface area contributed by atoms with E-state index >= 15 is 0 Å². The average Bonchev–Trinajstić information content (AvgIpc) is 2.35. The van der Waals surface area contributed by atoms with Crippen molar-refractivity contribution in [1.29, 1.82) is 0 Å². The van der Waals surface area contributed by atoms with E-state index in [0.717, 1.165) is 25.1 Å². The van der Waals surface area contributed by atoms with Crippen LogP contribution in [0.15, 0.2) is 18.2 Å². The molecule has 118 valence electrons. The van der Waals surface area contributed by atoms with E-state index in [4.69, 9.17) is 17.3 Å². The lowest BCUT2D eigenvalue weighted by Crippen LogP contribution is -2.52. The van der Waals surface area contributed by atoms with E-state index in [0.29, 0.717) is 6.54 Å². The topological polar surface area (TPSA) is 72.4 Å². The number of halogens is 2. The van der Waals surface area contributed by atoms with Gasteiger partial charge in [0.15, 0.2) is 0 Å². The van der Waals surface area contributed by atoms with E-state index in [1.807, 2.05) is 6.07 Å². The molecule has 0 saturated carbocycles. The number of rotatable bonds is 3. The zero-order chi connectivity index (χ0) is 14.9. The third-order valence-corrected chi connectivity index (χ3v) is 4.32. The fourth-order valence-corrected chi connectivity index (χ4v) is 2.86. The minimum absolute atomic E-state index is 0. The molecule has 1 aromatic rings. The molecular formula is C14H21Cl2N3O2. The molecule has 1 saturated heterocycles. The molecule has 5 nitrogen and oxygen atoms in total. The number of hydrogen-bond acceptors (Lipinski definition) is 4. The molecule has 2 N–H and O–H groups in total. The Balaban J connectivity index is 0.00000220. The molecule has 0 amide bonds. The Morgan fingerprint density at radius 2 is 2.19 bits per heavy atom. The first-order valence-electron chi connectivity index (χ1n) is 6.70. The van der Waals surface area contributed by atoms with Gasteiger partial charge in [-0.15, -0.1) is 12.4 Å². The molecule has 0 aliphatic carbocycles. The lowest BCUT2D eigenvalue weighted by molar-refractivity contribution is -0.384. The number of nitro groups is 1. The van der Waals surface area contributed by atoms with Crippen molar-refractivity contribution in [3.8, 4) is 0 Å². The highest BCUT2D eigenvalue weighted by molar-refractivity contribution is 6.32. The molecule has 1 aromatic carbocycles. The second kappa shape index (κ2) is 6.92. The molecule has 1 heterocycles. The summed E-state index contributed by atoms with van der Waals surface area (Å²) in [5, 5.41) is 11.1. The summed E-state index contributed by atoms with van der Waals surface area (Å²) >= 11 is 5.83. The van der Waals surface area contributed by atoms with Gasteiger partial charge in [-0.2, -0.15) is 0 Å². The van der Waals surface area contributed by atoms with Crippen LogP contribution in [0, 0.1) is 15.5 Å². The molecule has 21 heavy (non-hydrogen) atoms. The second-order valence-electron chi connectivity index (χ2n) is 6.14. The number of benzene rings is 1. The van der Waals surface area contributed by atoms with E-state index in [2.05, 4.69) is 18.7 Å². The molecular weight excluding hydrogens is 313 g/mol. The van der Waals surface area contributed by atoms with Gasteiger partial charge in [0, 0.05) is 31.7 Å². The van der Waals surface area contributed by atoms with Crippen LogP contribution in [0.25, 0.3) is 0 Å². The largest absolute Gasteiger partial charge is 0.327 e. The molecule has 0 bridgehead atoms. The van der Waals surface area contributed by atoms with Crippen LogP contribution in [-0.4, -0.2) is 29.0 Å². The normalized spacial score (nSPS) is 21.6. The molecule has 1 unspecified atom stereocenters. The first-order chi connectivity index (χ1) is 9.29. The Bertz CT molecular complexity index is 523. The maximum Gasteiger partial charge on any atom is 0.288 e. The summed E-state index contributed by atoms with van der Waals surface area (Å²) in [6.45, 7) is 6.82. The Hall–Kier alpha value is -0.880. The number of nitro benzene ring substituents is 1. The summed E-state index contributed by atoms with van der Waals surface area (Å²) in [6, 6.07) is 5.20. The lowest BCUT2D eigenvalue weighted by Gasteiger charge is -2.42. The van der Waals surface area contributed by atoms with Crippen LogP contribution in [-0.2, 0) is 6.54 Å². The van der Waals surface area contributed by atoms with Crippen LogP contribution in [0.3, 0.4) is 0 Å². The van der Waals surface area contributed by atoms with Crippen LogP contribution in [0.1, 0.15) is 25.8 Å². The molecule has 1 aliphatic rings. The fraction of sp³-hybridized carbons (Fsp3) is 0.571. The maximum atomic E-state index is 10.9. The quantitative estimate of drug-likeness (QED) is 0.680. The Kier molecular flexibility index (Phi) is 5.99. The van der Waals surface area contributed by atoms with E-state index in [1.54, 1.807) is 12.1 Å². The zero-order valence-corrected chi connectivity index (χ0v) is 13.8. The Morgan fingerprint density at radius 3 is 2.76 bits per heavy atom. The van der Waals surface area contributed by atoms with Gasteiger partial charge in [-0.3, -0.25) is 15.0 Å². The van der Waals surface area contributed by atoms with Crippen molar-refractivity contribution in [1.82, 2.24) is 4.90 Å². The third kappa shape index (κ3) is 4.30. The monoisotopic (exact) mass is 333 g/mol. The molecule has 0 aromatic heterocycles. The third-order valence-electron chi connectivity index (χ3n) is 4.00. The van der Waals surface area contributed by atoms with Crippen molar-refractivity contribution < 1.29 is 4.92 Å². The van der Waals surface area contributed by atoms with E-state index in [1.165, 1.54) is 0 Å². The number of piperidine rings is 1. The van der Waals surface area contributed by atoms with Gasteiger partial charge in [0.1, 0.15) is 5.02 Å².